The largest absolute Gasteiger partial charge is 0.338 e. The van der Waals surface area contributed by atoms with Gasteiger partial charge < -0.3 is 9.88 Å². The van der Waals surface area contributed by atoms with Crippen molar-refractivity contribution in [1.82, 2.24) is 20.2 Å². The molecular weight excluding hydrogens is 407 g/mol. The van der Waals surface area contributed by atoms with Gasteiger partial charge in [-0.3, -0.25) is 10.1 Å². The summed E-state index contributed by atoms with van der Waals surface area (Å²) >= 11 is 0. The van der Waals surface area contributed by atoms with Crippen LogP contribution in [0.15, 0.2) is 60.7 Å². The summed E-state index contributed by atoms with van der Waals surface area (Å²) < 4.78 is 14.2. The minimum Gasteiger partial charge on any atom is -0.338 e. The molecule has 3 aromatic carbocycles. The summed E-state index contributed by atoms with van der Waals surface area (Å²) in [5, 5.41) is 2.42. The van der Waals surface area contributed by atoms with Gasteiger partial charge in [-0.15, -0.1) is 0 Å². The summed E-state index contributed by atoms with van der Waals surface area (Å²) in [5.41, 5.74) is 5.04. The molecule has 1 aromatic heterocycles. The zero-order valence-electron chi connectivity index (χ0n) is 17.3. The van der Waals surface area contributed by atoms with E-state index in [0.717, 1.165) is 33.3 Å². The second-order valence-corrected chi connectivity index (χ2v) is 8.49. The van der Waals surface area contributed by atoms with E-state index < -0.39 is 5.54 Å². The number of benzene rings is 3. The minimum atomic E-state index is -0.852. The van der Waals surface area contributed by atoms with Crippen LogP contribution in [0.4, 0.5) is 9.18 Å². The summed E-state index contributed by atoms with van der Waals surface area (Å²) in [6.07, 6.45) is 0.945. The number of urea groups is 1. The first-order valence-corrected chi connectivity index (χ1v) is 10.4. The molecule has 32 heavy (non-hydrogen) atoms. The predicted molar refractivity (Wildman–Crippen MR) is 118 cm³/mol. The van der Waals surface area contributed by atoms with E-state index in [1.807, 2.05) is 42.5 Å². The molecule has 3 amide bonds. The Bertz CT molecular complexity index is 1400. The third-order valence-corrected chi connectivity index (χ3v) is 6.68. The molecule has 2 heterocycles. The molecule has 6 nitrogen and oxygen atoms in total. The number of aromatic amines is 1. The third-order valence-electron chi connectivity index (χ3n) is 6.68. The average Bonchev–Trinajstić information content (AvgIpc) is 3.43. The van der Waals surface area contributed by atoms with E-state index in [9.17, 15) is 14.0 Å². The van der Waals surface area contributed by atoms with Crippen molar-refractivity contribution in [2.75, 3.05) is 7.05 Å². The van der Waals surface area contributed by atoms with Gasteiger partial charge in [0.05, 0.1) is 11.0 Å². The maximum Gasteiger partial charge on any atom is 0.324 e. The van der Waals surface area contributed by atoms with Crippen LogP contribution < -0.4 is 5.32 Å². The van der Waals surface area contributed by atoms with Gasteiger partial charge in [-0.2, -0.15) is 0 Å². The number of hydrogen-bond acceptors (Lipinski definition) is 3. The number of rotatable bonds is 2. The summed E-state index contributed by atoms with van der Waals surface area (Å²) in [4.78, 5) is 34.1. The highest BCUT2D eigenvalue weighted by molar-refractivity contribution is 6.07. The number of fused-ring (bicyclic) bond motifs is 2. The first-order chi connectivity index (χ1) is 15.4. The minimum absolute atomic E-state index is 0.247. The molecule has 2 N–H and O–H groups in total. The molecule has 1 atom stereocenters. The number of imide groups is 1. The van der Waals surface area contributed by atoms with Gasteiger partial charge in [0.2, 0.25) is 0 Å². The van der Waals surface area contributed by atoms with Crippen LogP contribution in [0.1, 0.15) is 11.1 Å². The zero-order valence-corrected chi connectivity index (χ0v) is 17.3. The molecule has 158 valence electrons. The molecule has 6 rings (SSSR count). The molecule has 7 heteroatoms. The average molecular weight is 426 g/mol. The Balaban J connectivity index is 1.38. The summed E-state index contributed by atoms with van der Waals surface area (Å²) in [6.45, 7) is 0. The van der Waals surface area contributed by atoms with Crippen LogP contribution in [0, 0.1) is 5.82 Å². The van der Waals surface area contributed by atoms with Gasteiger partial charge in [0.15, 0.2) is 0 Å². The SMILES string of the molecule is CN1C(=O)NC(=O)C12Cc1cc3nc(-c4cccc(-c5ccccc5F)c4)[nH]c3cc1C2. The normalized spacial score (nSPS) is 16.8. The second kappa shape index (κ2) is 6.50. The monoisotopic (exact) mass is 426 g/mol. The number of H-pyrrole nitrogens is 1. The van der Waals surface area contributed by atoms with Crippen molar-refractivity contribution in [1.29, 1.82) is 0 Å². The van der Waals surface area contributed by atoms with Crippen LogP contribution in [0.25, 0.3) is 33.5 Å². The fraction of sp³-hybridized carbons (Fsp3) is 0.160. The van der Waals surface area contributed by atoms with Gasteiger partial charge >= 0.3 is 6.03 Å². The lowest BCUT2D eigenvalue weighted by Crippen LogP contribution is -2.48. The number of likely N-dealkylation sites (N-methyl/N-ethyl adjacent to an activating group) is 1. The Labute approximate surface area is 183 Å². The molecule has 1 saturated heterocycles. The Morgan fingerprint density at radius 3 is 2.47 bits per heavy atom. The molecule has 1 aliphatic heterocycles. The maximum absolute atomic E-state index is 14.2. The standard InChI is InChI=1S/C25H19FN4O2/c1-30-24(32)29-23(31)25(30)12-16-10-20-21(11-17(16)13-25)28-22(27-20)15-6-4-5-14(9-15)18-7-2-3-8-19(18)26/h2-11H,12-13H2,1H3,(H,27,28)(H,29,31,32). The number of hydrogen-bond donors (Lipinski definition) is 2. The van der Waals surface area contributed by atoms with Gasteiger partial charge in [-0.05, 0) is 41.0 Å². The molecule has 0 saturated carbocycles. The number of aromatic nitrogens is 2. The van der Waals surface area contributed by atoms with E-state index in [1.54, 1.807) is 19.2 Å². The van der Waals surface area contributed by atoms with Crippen LogP contribution >= 0.6 is 0 Å². The van der Waals surface area contributed by atoms with Crippen molar-refractivity contribution in [3.8, 4) is 22.5 Å². The molecule has 1 fully saturated rings. The van der Waals surface area contributed by atoms with Crippen molar-refractivity contribution < 1.29 is 14.0 Å². The summed E-state index contributed by atoms with van der Waals surface area (Å²) in [5.74, 6) is 0.185. The van der Waals surface area contributed by atoms with E-state index in [0.29, 0.717) is 24.2 Å². The number of nitrogens with zero attached hydrogens (tertiary/aromatic N) is 2. The van der Waals surface area contributed by atoms with Crippen LogP contribution in [-0.2, 0) is 17.6 Å². The van der Waals surface area contributed by atoms with Gasteiger partial charge in [0.1, 0.15) is 17.2 Å². The molecule has 0 radical (unpaired) electrons. The highest BCUT2D eigenvalue weighted by Gasteiger charge is 2.54. The van der Waals surface area contributed by atoms with Crippen molar-refractivity contribution >= 4 is 23.0 Å². The van der Waals surface area contributed by atoms with Crippen molar-refractivity contribution in [3.63, 3.8) is 0 Å². The summed E-state index contributed by atoms with van der Waals surface area (Å²) in [7, 11) is 1.66. The first-order valence-electron chi connectivity index (χ1n) is 10.4. The lowest BCUT2D eigenvalue weighted by Gasteiger charge is -2.27. The van der Waals surface area contributed by atoms with E-state index in [4.69, 9.17) is 4.98 Å². The zero-order chi connectivity index (χ0) is 22.0. The highest BCUT2D eigenvalue weighted by Crippen LogP contribution is 2.39. The smallest absolute Gasteiger partial charge is 0.324 e. The fourth-order valence-corrected chi connectivity index (χ4v) is 4.87. The molecule has 2 aliphatic rings. The number of imidazole rings is 1. The maximum atomic E-state index is 14.2. The number of amides is 3. The molecule has 1 unspecified atom stereocenters. The molecule has 1 aliphatic carbocycles. The molecular formula is C25H19FN4O2. The van der Waals surface area contributed by atoms with Gasteiger partial charge in [-0.1, -0.05) is 36.4 Å². The fourth-order valence-electron chi connectivity index (χ4n) is 4.87. The summed E-state index contributed by atoms with van der Waals surface area (Å²) in [6, 6.07) is 18.0. The molecule has 4 aromatic rings. The Morgan fingerprint density at radius 2 is 1.72 bits per heavy atom. The van der Waals surface area contributed by atoms with Crippen molar-refractivity contribution in [3.05, 3.63) is 77.6 Å². The van der Waals surface area contributed by atoms with E-state index >= 15 is 0 Å². The van der Waals surface area contributed by atoms with E-state index in [2.05, 4.69) is 10.3 Å². The Morgan fingerprint density at radius 1 is 0.969 bits per heavy atom. The number of halogens is 1. The molecule has 1 spiro atoms. The van der Waals surface area contributed by atoms with Crippen LogP contribution in [0.3, 0.4) is 0 Å². The number of carbonyl (C=O) groups excluding carboxylic acids is 2. The number of carbonyl (C=O) groups is 2. The topological polar surface area (TPSA) is 78.1 Å². The lowest BCUT2D eigenvalue weighted by molar-refractivity contribution is -0.125. The van der Waals surface area contributed by atoms with Gasteiger partial charge in [-0.25, -0.2) is 14.2 Å². The highest BCUT2D eigenvalue weighted by atomic mass is 19.1. The van der Waals surface area contributed by atoms with Crippen molar-refractivity contribution in [2.45, 2.75) is 18.4 Å². The Kier molecular flexibility index (Phi) is 3.81. The third kappa shape index (κ3) is 2.60. The second-order valence-electron chi connectivity index (χ2n) is 8.49. The van der Waals surface area contributed by atoms with Gasteiger partial charge in [0.25, 0.3) is 5.91 Å². The number of nitrogens with one attached hydrogen (secondary N) is 2. The molecule has 0 bridgehead atoms. The van der Waals surface area contributed by atoms with Crippen LogP contribution in [0.5, 0.6) is 0 Å². The van der Waals surface area contributed by atoms with Crippen LogP contribution in [0.2, 0.25) is 0 Å². The van der Waals surface area contributed by atoms with E-state index in [-0.39, 0.29) is 17.8 Å². The Hall–Kier alpha value is -4.00. The first kappa shape index (κ1) is 18.7. The van der Waals surface area contributed by atoms with E-state index in [1.165, 1.54) is 11.0 Å². The van der Waals surface area contributed by atoms with Crippen molar-refractivity contribution in [2.24, 2.45) is 0 Å². The predicted octanol–water partition coefficient (Wildman–Crippen LogP) is 4.06. The van der Waals surface area contributed by atoms with Gasteiger partial charge in [0, 0.05) is 31.0 Å². The van der Waals surface area contributed by atoms with Crippen LogP contribution in [-0.4, -0.2) is 39.4 Å². The quantitative estimate of drug-likeness (QED) is 0.475. The lowest BCUT2D eigenvalue weighted by atomic mass is 9.95.